The number of hydrogen-bond acceptors (Lipinski definition) is 3. The second-order valence-electron chi connectivity index (χ2n) is 5.13. The van der Waals surface area contributed by atoms with Crippen molar-refractivity contribution in [2.75, 3.05) is 7.05 Å². The van der Waals surface area contributed by atoms with Crippen LogP contribution in [0.15, 0.2) is 16.3 Å². The smallest absolute Gasteiger partial charge is 0.263 e. The lowest BCUT2D eigenvalue weighted by molar-refractivity contribution is 0.0634. The van der Waals surface area contributed by atoms with Crippen molar-refractivity contribution >= 4 is 29.9 Å². The maximum atomic E-state index is 12.1. The second kappa shape index (κ2) is 4.80. The molecule has 0 N–H and O–H groups in total. The molecule has 0 bridgehead atoms. The first-order valence-corrected chi connectivity index (χ1v) is 6.61. The van der Waals surface area contributed by atoms with Gasteiger partial charge in [0.25, 0.3) is 5.91 Å². The molecule has 0 spiro atoms. The van der Waals surface area contributed by atoms with E-state index in [1.165, 1.54) is 11.3 Å². The van der Waals surface area contributed by atoms with Gasteiger partial charge in [0.1, 0.15) is 0 Å². The van der Waals surface area contributed by atoms with Crippen molar-refractivity contribution in [3.63, 3.8) is 0 Å². The van der Waals surface area contributed by atoms with E-state index in [2.05, 4.69) is 40.3 Å². The predicted octanol–water partition coefficient (Wildman–Crippen LogP) is 3.54. The number of carbonyl (C=O) groups is 1. The van der Waals surface area contributed by atoms with E-state index >= 15 is 0 Å². The highest BCUT2D eigenvalue weighted by Crippen LogP contribution is 2.26. The SMILES string of the molecule is CC(N(C)C(=O)c1cc(S)cs1)C(C)(C)C. The van der Waals surface area contributed by atoms with Crippen molar-refractivity contribution in [2.24, 2.45) is 5.41 Å². The average molecular weight is 257 g/mol. The van der Waals surface area contributed by atoms with Crippen LogP contribution in [0.1, 0.15) is 37.4 Å². The molecule has 0 aromatic carbocycles. The number of carbonyl (C=O) groups excluding carboxylic acids is 1. The monoisotopic (exact) mass is 257 g/mol. The molecule has 0 aliphatic carbocycles. The molecule has 1 unspecified atom stereocenters. The molecule has 1 amide bonds. The molecule has 2 nitrogen and oxygen atoms in total. The van der Waals surface area contributed by atoms with Gasteiger partial charge in [0.15, 0.2) is 0 Å². The highest BCUT2D eigenvalue weighted by atomic mass is 32.1. The molecule has 16 heavy (non-hydrogen) atoms. The summed E-state index contributed by atoms with van der Waals surface area (Å²) in [5, 5.41) is 1.88. The van der Waals surface area contributed by atoms with E-state index in [0.29, 0.717) is 0 Å². The van der Waals surface area contributed by atoms with E-state index in [0.717, 1.165) is 9.77 Å². The summed E-state index contributed by atoms with van der Waals surface area (Å²) in [5.74, 6) is 0.0766. The average Bonchev–Trinajstić information content (AvgIpc) is 2.60. The van der Waals surface area contributed by atoms with Crippen molar-refractivity contribution in [2.45, 2.75) is 38.6 Å². The van der Waals surface area contributed by atoms with E-state index in [9.17, 15) is 4.79 Å². The number of thiophene rings is 1. The molecule has 0 fully saturated rings. The normalized spacial score (nSPS) is 13.6. The van der Waals surface area contributed by atoms with Gasteiger partial charge in [-0.1, -0.05) is 20.8 Å². The maximum absolute atomic E-state index is 12.1. The molecule has 1 atom stereocenters. The summed E-state index contributed by atoms with van der Waals surface area (Å²) in [7, 11) is 1.86. The van der Waals surface area contributed by atoms with Gasteiger partial charge in [0, 0.05) is 23.4 Å². The van der Waals surface area contributed by atoms with Crippen LogP contribution in [0.5, 0.6) is 0 Å². The van der Waals surface area contributed by atoms with Gasteiger partial charge < -0.3 is 4.90 Å². The van der Waals surface area contributed by atoms with Crippen LogP contribution in [0.4, 0.5) is 0 Å². The predicted molar refractivity (Wildman–Crippen MR) is 72.6 cm³/mol. The lowest BCUT2D eigenvalue weighted by Gasteiger charge is -2.35. The molecule has 0 aliphatic rings. The second-order valence-corrected chi connectivity index (χ2v) is 6.55. The Kier molecular flexibility index (Phi) is 4.07. The fourth-order valence-corrected chi connectivity index (χ4v) is 2.50. The summed E-state index contributed by atoms with van der Waals surface area (Å²) in [5.41, 5.74) is 0.0888. The van der Waals surface area contributed by atoms with Gasteiger partial charge >= 0.3 is 0 Å². The number of rotatable bonds is 2. The van der Waals surface area contributed by atoms with E-state index < -0.39 is 0 Å². The lowest BCUT2D eigenvalue weighted by Crippen LogP contribution is -2.42. The van der Waals surface area contributed by atoms with Crippen LogP contribution < -0.4 is 0 Å². The Morgan fingerprint density at radius 1 is 1.50 bits per heavy atom. The Morgan fingerprint density at radius 3 is 2.44 bits per heavy atom. The largest absolute Gasteiger partial charge is 0.338 e. The van der Waals surface area contributed by atoms with Crippen molar-refractivity contribution in [3.8, 4) is 0 Å². The molecule has 1 aromatic heterocycles. The summed E-state index contributed by atoms with van der Waals surface area (Å²) in [6.45, 7) is 8.49. The van der Waals surface area contributed by atoms with Gasteiger partial charge in [-0.3, -0.25) is 4.79 Å². The van der Waals surface area contributed by atoms with Gasteiger partial charge in [-0.2, -0.15) is 0 Å². The molecule has 0 aliphatic heterocycles. The van der Waals surface area contributed by atoms with Crippen LogP contribution >= 0.6 is 24.0 Å². The number of hydrogen-bond donors (Lipinski definition) is 1. The van der Waals surface area contributed by atoms with Gasteiger partial charge in [-0.15, -0.1) is 24.0 Å². The van der Waals surface area contributed by atoms with Crippen LogP contribution in [-0.2, 0) is 0 Å². The molecular weight excluding hydrogens is 238 g/mol. The third kappa shape index (κ3) is 3.01. The quantitative estimate of drug-likeness (QED) is 0.804. The minimum atomic E-state index is 0.0766. The molecule has 0 saturated heterocycles. The number of thiol groups is 1. The summed E-state index contributed by atoms with van der Waals surface area (Å²) >= 11 is 5.66. The van der Waals surface area contributed by atoms with E-state index in [-0.39, 0.29) is 17.4 Å². The van der Waals surface area contributed by atoms with Crippen molar-refractivity contribution < 1.29 is 4.79 Å². The zero-order valence-corrected chi connectivity index (χ0v) is 12.2. The van der Waals surface area contributed by atoms with Crippen LogP contribution in [0.25, 0.3) is 0 Å². The molecular formula is C12H19NOS2. The zero-order chi connectivity index (χ0) is 12.5. The van der Waals surface area contributed by atoms with Gasteiger partial charge in [-0.05, 0) is 18.4 Å². The van der Waals surface area contributed by atoms with Gasteiger partial charge in [0.05, 0.1) is 4.88 Å². The number of amides is 1. The first-order chi connectivity index (χ1) is 7.23. The Morgan fingerprint density at radius 2 is 2.06 bits per heavy atom. The molecule has 1 heterocycles. The van der Waals surface area contributed by atoms with E-state index in [1.54, 1.807) is 4.90 Å². The van der Waals surface area contributed by atoms with Crippen LogP contribution in [0.2, 0.25) is 0 Å². The van der Waals surface area contributed by atoms with E-state index in [4.69, 9.17) is 0 Å². The standard InChI is InChI=1S/C12H19NOS2/c1-8(12(2,3)4)13(5)11(14)10-6-9(15)7-16-10/h6-8,15H,1-5H3. The molecule has 90 valence electrons. The highest BCUT2D eigenvalue weighted by molar-refractivity contribution is 7.80. The summed E-state index contributed by atoms with van der Waals surface area (Å²) in [6.07, 6.45) is 0. The molecule has 1 rings (SSSR count). The molecule has 4 heteroatoms. The summed E-state index contributed by atoms with van der Waals surface area (Å²) in [4.78, 5) is 15.6. The fourth-order valence-electron chi connectivity index (χ4n) is 1.37. The van der Waals surface area contributed by atoms with Crippen molar-refractivity contribution in [3.05, 3.63) is 16.3 Å². The Hall–Kier alpha value is -0.480. The summed E-state index contributed by atoms with van der Waals surface area (Å²) in [6, 6.07) is 2.02. The maximum Gasteiger partial charge on any atom is 0.263 e. The topological polar surface area (TPSA) is 20.3 Å². The van der Waals surface area contributed by atoms with E-state index in [1.807, 2.05) is 18.5 Å². The van der Waals surface area contributed by atoms with Crippen molar-refractivity contribution in [1.82, 2.24) is 4.90 Å². The molecule has 0 radical (unpaired) electrons. The minimum absolute atomic E-state index is 0.0766. The third-order valence-electron chi connectivity index (χ3n) is 2.95. The van der Waals surface area contributed by atoms with Gasteiger partial charge in [0.2, 0.25) is 0 Å². The first kappa shape index (κ1) is 13.6. The van der Waals surface area contributed by atoms with Crippen LogP contribution in [0.3, 0.4) is 0 Å². The molecule has 0 saturated carbocycles. The van der Waals surface area contributed by atoms with Gasteiger partial charge in [-0.25, -0.2) is 0 Å². The number of nitrogens with zero attached hydrogens (tertiary/aromatic N) is 1. The lowest BCUT2D eigenvalue weighted by atomic mass is 9.87. The zero-order valence-electron chi connectivity index (χ0n) is 10.4. The summed E-state index contributed by atoms with van der Waals surface area (Å²) < 4.78 is 0. The van der Waals surface area contributed by atoms with Crippen LogP contribution in [0, 0.1) is 5.41 Å². The highest BCUT2D eigenvalue weighted by Gasteiger charge is 2.27. The third-order valence-corrected chi connectivity index (χ3v) is 4.30. The fraction of sp³-hybridized carbons (Fsp3) is 0.583. The Bertz CT molecular complexity index is 379. The van der Waals surface area contributed by atoms with Crippen LogP contribution in [-0.4, -0.2) is 23.9 Å². The Balaban J connectivity index is 2.83. The first-order valence-electron chi connectivity index (χ1n) is 5.28. The van der Waals surface area contributed by atoms with Crippen molar-refractivity contribution in [1.29, 1.82) is 0 Å². The molecule has 1 aromatic rings. The minimum Gasteiger partial charge on any atom is -0.338 e. The Labute approximate surface area is 107 Å².